The molecule has 1 fully saturated rings. The smallest absolute Gasteiger partial charge is 0.115 e. The van der Waals surface area contributed by atoms with Gasteiger partial charge in [-0.05, 0) is 0 Å². The molecule has 1 aliphatic heterocycles. The molecule has 0 spiro atoms. The molecule has 1 saturated heterocycles. The quantitative estimate of drug-likeness (QED) is 0.723. The second-order valence-corrected chi connectivity index (χ2v) is 3.18. The number of hydrogen-bond acceptors (Lipinski definition) is 5. The zero-order valence-corrected chi connectivity index (χ0v) is 8.02. The van der Waals surface area contributed by atoms with Crippen molar-refractivity contribution in [3.63, 3.8) is 0 Å². The number of hydrogen-bond donors (Lipinski definition) is 1. The van der Waals surface area contributed by atoms with Crippen molar-refractivity contribution in [1.29, 1.82) is 0 Å². The summed E-state index contributed by atoms with van der Waals surface area (Å²) in [7, 11) is 0. The lowest BCUT2D eigenvalue weighted by molar-refractivity contribution is 0.0105. The highest BCUT2D eigenvalue weighted by Gasteiger charge is 2.08. The molecule has 0 atom stereocenters. The van der Waals surface area contributed by atoms with Crippen molar-refractivity contribution in [1.82, 2.24) is 20.4 Å². The highest BCUT2D eigenvalue weighted by molar-refractivity contribution is 5.01. The summed E-state index contributed by atoms with van der Waals surface area (Å²) < 4.78 is 5.25. The third kappa shape index (κ3) is 2.73. The molecule has 5 nitrogen and oxygen atoms in total. The highest BCUT2D eigenvalue weighted by atomic mass is 16.5. The molecule has 1 N–H and O–H groups in total. The lowest BCUT2D eigenvalue weighted by atomic mass is 10.3. The van der Waals surface area contributed by atoms with Gasteiger partial charge in [-0.2, -0.15) is 0 Å². The molecule has 0 aromatic carbocycles. The molecule has 0 bridgehead atoms. The molecule has 1 aromatic heterocycles. The van der Waals surface area contributed by atoms with Gasteiger partial charge in [0.1, 0.15) is 6.33 Å². The van der Waals surface area contributed by atoms with Crippen molar-refractivity contribution in [2.45, 2.75) is 6.54 Å². The number of nitrogens with one attached hydrogen (secondary N) is 1. The van der Waals surface area contributed by atoms with Gasteiger partial charge in [0.15, 0.2) is 0 Å². The minimum Gasteiger partial charge on any atom is -0.379 e. The summed E-state index contributed by atoms with van der Waals surface area (Å²) in [4.78, 5) is 7.91. The first kappa shape index (κ1) is 9.51. The van der Waals surface area contributed by atoms with E-state index in [1.165, 1.54) is 6.33 Å². The van der Waals surface area contributed by atoms with Crippen LogP contribution >= 0.6 is 0 Å². The number of aromatic nitrogens is 2. The van der Waals surface area contributed by atoms with Gasteiger partial charge in [-0.1, -0.05) is 0 Å². The fourth-order valence-corrected chi connectivity index (χ4v) is 1.35. The average Bonchev–Trinajstić information content (AvgIpc) is 2.29. The van der Waals surface area contributed by atoms with E-state index in [-0.39, 0.29) is 0 Å². The van der Waals surface area contributed by atoms with Crippen LogP contribution in [0.1, 0.15) is 5.56 Å². The van der Waals surface area contributed by atoms with Crippen molar-refractivity contribution < 1.29 is 4.74 Å². The lowest BCUT2D eigenvalue weighted by Crippen LogP contribution is -2.45. The van der Waals surface area contributed by atoms with E-state index in [1.807, 2.05) is 12.4 Å². The van der Waals surface area contributed by atoms with Gasteiger partial charge in [-0.3, -0.25) is 5.43 Å². The van der Waals surface area contributed by atoms with Crippen LogP contribution in [0.4, 0.5) is 0 Å². The molecule has 0 amide bonds. The predicted octanol–water partition coefficient (Wildman–Crippen LogP) is -0.187. The zero-order valence-electron chi connectivity index (χ0n) is 8.02. The van der Waals surface area contributed by atoms with Crippen molar-refractivity contribution in [2.75, 3.05) is 26.3 Å². The molecule has 0 saturated carbocycles. The van der Waals surface area contributed by atoms with Gasteiger partial charge in [0.2, 0.25) is 0 Å². The van der Waals surface area contributed by atoms with E-state index in [9.17, 15) is 0 Å². The monoisotopic (exact) mass is 194 g/mol. The largest absolute Gasteiger partial charge is 0.379 e. The summed E-state index contributed by atoms with van der Waals surface area (Å²) in [6.45, 7) is 4.26. The van der Waals surface area contributed by atoms with Crippen LogP contribution in [0.5, 0.6) is 0 Å². The molecule has 2 rings (SSSR count). The van der Waals surface area contributed by atoms with E-state index < -0.39 is 0 Å². The Balaban J connectivity index is 1.76. The molecule has 76 valence electrons. The third-order valence-corrected chi connectivity index (χ3v) is 2.13. The van der Waals surface area contributed by atoms with Crippen LogP contribution in [-0.4, -0.2) is 41.3 Å². The molecular weight excluding hydrogens is 180 g/mol. The van der Waals surface area contributed by atoms with E-state index >= 15 is 0 Å². The van der Waals surface area contributed by atoms with Gasteiger partial charge < -0.3 is 4.74 Å². The summed E-state index contributed by atoms with van der Waals surface area (Å²) in [5.74, 6) is 0. The van der Waals surface area contributed by atoms with Crippen LogP contribution in [-0.2, 0) is 11.3 Å². The molecule has 1 aromatic rings. The number of hydrazine groups is 1. The Kier molecular flexibility index (Phi) is 3.39. The second-order valence-electron chi connectivity index (χ2n) is 3.18. The van der Waals surface area contributed by atoms with Crippen LogP contribution < -0.4 is 5.43 Å². The molecule has 0 unspecified atom stereocenters. The van der Waals surface area contributed by atoms with E-state index in [4.69, 9.17) is 4.74 Å². The molecule has 14 heavy (non-hydrogen) atoms. The molecule has 2 heterocycles. The first-order chi connectivity index (χ1) is 6.95. The topological polar surface area (TPSA) is 50.3 Å². The van der Waals surface area contributed by atoms with Gasteiger partial charge in [0.05, 0.1) is 13.2 Å². The maximum atomic E-state index is 5.25. The minimum atomic E-state index is 0.779. The number of nitrogens with zero attached hydrogens (tertiary/aromatic N) is 3. The van der Waals surface area contributed by atoms with Crippen LogP contribution in [0.15, 0.2) is 18.7 Å². The Morgan fingerprint density at radius 1 is 1.29 bits per heavy atom. The fraction of sp³-hybridized carbons (Fsp3) is 0.556. The summed E-state index contributed by atoms with van der Waals surface area (Å²) >= 11 is 0. The van der Waals surface area contributed by atoms with Crippen LogP contribution in [0.3, 0.4) is 0 Å². The molecule has 5 heteroatoms. The minimum absolute atomic E-state index is 0.779. The second kappa shape index (κ2) is 4.99. The van der Waals surface area contributed by atoms with Crippen LogP contribution in [0.2, 0.25) is 0 Å². The normalized spacial score (nSPS) is 18.3. The van der Waals surface area contributed by atoms with E-state index in [1.54, 1.807) is 0 Å². The first-order valence-corrected chi connectivity index (χ1v) is 4.75. The summed E-state index contributed by atoms with van der Waals surface area (Å²) in [6, 6.07) is 0. The van der Waals surface area contributed by atoms with Gasteiger partial charge >= 0.3 is 0 Å². The predicted molar refractivity (Wildman–Crippen MR) is 51.3 cm³/mol. The molecule has 0 radical (unpaired) electrons. The number of rotatable bonds is 3. The molecule has 1 aliphatic rings. The van der Waals surface area contributed by atoms with E-state index in [0.29, 0.717) is 0 Å². The molecular formula is C9H14N4O. The Hall–Kier alpha value is -1.04. The maximum Gasteiger partial charge on any atom is 0.115 e. The Morgan fingerprint density at radius 2 is 2.00 bits per heavy atom. The first-order valence-electron chi connectivity index (χ1n) is 4.75. The Bertz CT molecular complexity index is 261. The van der Waals surface area contributed by atoms with Gasteiger partial charge in [-0.25, -0.2) is 15.0 Å². The summed E-state index contributed by atoms with van der Waals surface area (Å²) in [5, 5.41) is 2.16. The van der Waals surface area contributed by atoms with Crippen molar-refractivity contribution in [3.05, 3.63) is 24.3 Å². The lowest BCUT2D eigenvalue weighted by Gasteiger charge is -2.27. The van der Waals surface area contributed by atoms with Gasteiger partial charge in [-0.15, -0.1) is 0 Å². The maximum absolute atomic E-state index is 5.25. The summed E-state index contributed by atoms with van der Waals surface area (Å²) in [6.07, 6.45) is 5.18. The third-order valence-electron chi connectivity index (χ3n) is 2.13. The van der Waals surface area contributed by atoms with Crippen molar-refractivity contribution >= 4 is 0 Å². The Morgan fingerprint density at radius 3 is 2.71 bits per heavy atom. The van der Waals surface area contributed by atoms with Crippen molar-refractivity contribution in [2.24, 2.45) is 0 Å². The van der Waals surface area contributed by atoms with Gasteiger partial charge in [0.25, 0.3) is 0 Å². The SMILES string of the molecule is c1ncc(CNN2CCOCC2)cn1. The average molecular weight is 194 g/mol. The fourth-order valence-electron chi connectivity index (χ4n) is 1.35. The summed E-state index contributed by atoms with van der Waals surface area (Å²) in [5.41, 5.74) is 4.41. The van der Waals surface area contributed by atoms with Crippen LogP contribution in [0, 0.1) is 0 Å². The molecule has 0 aliphatic carbocycles. The van der Waals surface area contributed by atoms with Gasteiger partial charge in [0, 0.05) is 37.6 Å². The van der Waals surface area contributed by atoms with E-state index in [0.717, 1.165) is 38.4 Å². The van der Waals surface area contributed by atoms with E-state index in [2.05, 4.69) is 20.4 Å². The number of morpholine rings is 1. The van der Waals surface area contributed by atoms with Crippen LogP contribution in [0.25, 0.3) is 0 Å². The highest BCUT2D eigenvalue weighted by Crippen LogP contribution is 1.96. The number of ether oxygens (including phenoxy) is 1. The zero-order chi connectivity index (χ0) is 9.64. The Labute approximate surface area is 83.1 Å². The van der Waals surface area contributed by atoms with Crippen molar-refractivity contribution in [3.8, 4) is 0 Å². The standard InChI is InChI=1S/C9H14N4O/c1-3-14-4-2-13(1)12-7-9-5-10-8-11-6-9/h5-6,8,12H,1-4,7H2.